The Labute approximate surface area is 126 Å². The molecule has 0 atom stereocenters. The molecule has 2 N–H and O–H groups in total. The summed E-state index contributed by atoms with van der Waals surface area (Å²) in [5.74, 6) is 0.336. The monoisotopic (exact) mass is 308 g/mol. The number of carbonyl (C=O) groups is 1. The first kappa shape index (κ1) is 14.8. The zero-order chi connectivity index (χ0) is 14.5. The maximum Gasteiger partial charge on any atom is 0.230 e. The quantitative estimate of drug-likeness (QED) is 0.831. The molecule has 0 spiro atoms. The number of thioether (sulfide) groups is 1. The van der Waals surface area contributed by atoms with E-state index in [2.05, 4.69) is 46.8 Å². The fourth-order valence-corrected chi connectivity index (χ4v) is 3.11. The highest BCUT2D eigenvalue weighted by atomic mass is 32.2. The van der Waals surface area contributed by atoms with Crippen LogP contribution >= 0.6 is 23.1 Å². The summed E-state index contributed by atoms with van der Waals surface area (Å²) in [4.78, 5) is 11.2. The summed E-state index contributed by atoms with van der Waals surface area (Å²) >= 11 is 2.82. The standard InChI is InChI=1S/C13H16N4OS2/c1-8-4-5-10(6-9(8)2)15-12-16-17-13(20-12)19-7-11(18)14-3/h4-6H,7H2,1-3H3,(H,14,18)(H,15,16). The van der Waals surface area contributed by atoms with Gasteiger partial charge < -0.3 is 10.6 Å². The molecule has 106 valence electrons. The molecule has 2 rings (SSSR count). The van der Waals surface area contributed by atoms with Crippen LogP contribution in [0.1, 0.15) is 11.1 Å². The number of anilines is 2. The van der Waals surface area contributed by atoms with Gasteiger partial charge in [0.05, 0.1) is 5.75 Å². The highest BCUT2D eigenvalue weighted by Crippen LogP contribution is 2.28. The number of nitrogens with zero attached hydrogens (tertiary/aromatic N) is 2. The Kier molecular flexibility index (Phi) is 4.97. The smallest absolute Gasteiger partial charge is 0.230 e. The molecule has 1 aromatic heterocycles. The van der Waals surface area contributed by atoms with Crippen molar-refractivity contribution in [1.29, 1.82) is 0 Å². The van der Waals surface area contributed by atoms with Gasteiger partial charge in [0.15, 0.2) is 4.34 Å². The minimum absolute atomic E-state index is 0.0196. The molecule has 1 amide bonds. The van der Waals surface area contributed by atoms with Gasteiger partial charge in [-0.05, 0) is 37.1 Å². The lowest BCUT2D eigenvalue weighted by Gasteiger charge is -2.05. The van der Waals surface area contributed by atoms with Gasteiger partial charge in [0, 0.05) is 12.7 Å². The van der Waals surface area contributed by atoms with Crippen molar-refractivity contribution in [3.63, 3.8) is 0 Å². The van der Waals surface area contributed by atoms with E-state index in [4.69, 9.17) is 0 Å². The van der Waals surface area contributed by atoms with Gasteiger partial charge in [-0.1, -0.05) is 29.2 Å². The molecule has 0 aliphatic rings. The van der Waals surface area contributed by atoms with Gasteiger partial charge in [0.2, 0.25) is 11.0 Å². The maximum absolute atomic E-state index is 11.2. The minimum atomic E-state index is -0.0196. The zero-order valence-corrected chi connectivity index (χ0v) is 13.2. The largest absolute Gasteiger partial charge is 0.358 e. The van der Waals surface area contributed by atoms with Crippen LogP contribution in [-0.4, -0.2) is 28.9 Å². The van der Waals surface area contributed by atoms with Gasteiger partial charge in [-0.2, -0.15) is 0 Å². The van der Waals surface area contributed by atoms with Crippen LogP contribution in [0.2, 0.25) is 0 Å². The SMILES string of the molecule is CNC(=O)CSc1nnc(Nc2ccc(C)c(C)c2)s1. The molecule has 2 aromatic rings. The Morgan fingerprint density at radius 2 is 2.10 bits per heavy atom. The topological polar surface area (TPSA) is 66.9 Å². The van der Waals surface area contributed by atoms with Crippen LogP contribution in [0.4, 0.5) is 10.8 Å². The van der Waals surface area contributed by atoms with E-state index in [1.807, 2.05) is 6.07 Å². The molecule has 1 aromatic carbocycles. The van der Waals surface area contributed by atoms with Crippen LogP contribution in [0.3, 0.4) is 0 Å². The third-order valence-electron chi connectivity index (χ3n) is 2.77. The lowest BCUT2D eigenvalue weighted by atomic mass is 10.1. The summed E-state index contributed by atoms with van der Waals surface area (Å²) in [6.45, 7) is 4.16. The van der Waals surface area contributed by atoms with Crippen molar-refractivity contribution in [2.75, 3.05) is 18.1 Å². The fraction of sp³-hybridized carbons (Fsp3) is 0.308. The average molecular weight is 308 g/mol. The van der Waals surface area contributed by atoms with E-state index in [1.165, 1.54) is 34.2 Å². The lowest BCUT2D eigenvalue weighted by Crippen LogP contribution is -2.19. The summed E-state index contributed by atoms with van der Waals surface area (Å²) < 4.78 is 0.778. The molecule has 0 saturated heterocycles. The van der Waals surface area contributed by atoms with Crippen molar-refractivity contribution in [3.8, 4) is 0 Å². The second kappa shape index (κ2) is 6.71. The summed E-state index contributed by atoms with van der Waals surface area (Å²) in [5.41, 5.74) is 3.48. The lowest BCUT2D eigenvalue weighted by molar-refractivity contribution is -0.118. The van der Waals surface area contributed by atoms with Crippen molar-refractivity contribution >= 4 is 39.8 Å². The van der Waals surface area contributed by atoms with E-state index in [-0.39, 0.29) is 5.91 Å². The Bertz CT molecular complexity index is 612. The Balaban J connectivity index is 1.98. The van der Waals surface area contributed by atoms with Crippen molar-refractivity contribution in [3.05, 3.63) is 29.3 Å². The summed E-state index contributed by atoms with van der Waals surface area (Å²) in [7, 11) is 1.62. The van der Waals surface area contributed by atoms with Gasteiger partial charge in [-0.25, -0.2) is 0 Å². The number of rotatable bonds is 5. The number of carbonyl (C=O) groups excluding carboxylic acids is 1. The maximum atomic E-state index is 11.2. The molecular weight excluding hydrogens is 292 g/mol. The third kappa shape index (κ3) is 3.94. The number of benzene rings is 1. The number of aryl methyl sites for hydroxylation is 2. The van der Waals surface area contributed by atoms with Crippen LogP contribution in [0, 0.1) is 13.8 Å². The molecule has 1 heterocycles. The number of hydrogen-bond acceptors (Lipinski definition) is 6. The predicted molar refractivity (Wildman–Crippen MR) is 83.9 cm³/mol. The van der Waals surface area contributed by atoms with Crippen molar-refractivity contribution in [2.45, 2.75) is 18.2 Å². The van der Waals surface area contributed by atoms with E-state index >= 15 is 0 Å². The van der Waals surface area contributed by atoms with Gasteiger partial charge >= 0.3 is 0 Å². The molecule has 7 heteroatoms. The molecule has 0 radical (unpaired) electrons. The molecule has 5 nitrogen and oxygen atoms in total. The van der Waals surface area contributed by atoms with Crippen molar-refractivity contribution in [1.82, 2.24) is 15.5 Å². The summed E-state index contributed by atoms with van der Waals surface area (Å²) in [6, 6.07) is 6.16. The van der Waals surface area contributed by atoms with Gasteiger partial charge in [0.25, 0.3) is 0 Å². The molecule has 0 saturated carbocycles. The van der Waals surface area contributed by atoms with Gasteiger partial charge in [-0.15, -0.1) is 10.2 Å². The highest BCUT2D eigenvalue weighted by Gasteiger charge is 2.07. The molecule has 0 bridgehead atoms. The molecule has 20 heavy (non-hydrogen) atoms. The van der Waals surface area contributed by atoms with E-state index in [0.29, 0.717) is 5.75 Å². The van der Waals surface area contributed by atoms with Gasteiger partial charge in [0.1, 0.15) is 0 Å². The van der Waals surface area contributed by atoms with Crippen LogP contribution in [0.15, 0.2) is 22.5 Å². The minimum Gasteiger partial charge on any atom is -0.358 e. The third-order valence-corrected chi connectivity index (χ3v) is 4.74. The number of aromatic nitrogens is 2. The molecule has 0 aliphatic heterocycles. The number of hydrogen-bond donors (Lipinski definition) is 2. The first-order chi connectivity index (χ1) is 9.58. The van der Waals surface area contributed by atoms with E-state index in [9.17, 15) is 4.79 Å². The molecule has 0 fully saturated rings. The molecular formula is C13H16N4OS2. The van der Waals surface area contributed by atoms with Gasteiger partial charge in [-0.3, -0.25) is 4.79 Å². The van der Waals surface area contributed by atoms with E-state index in [1.54, 1.807) is 7.05 Å². The second-order valence-electron chi connectivity index (χ2n) is 4.26. The Morgan fingerprint density at radius 1 is 1.30 bits per heavy atom. The number of nitrogens with one attached hydrogen (secondary N) is 2. The predicted octanol–water partition coefficient (Wildman–Crippen LogP) is 2.74. The van der Waals surface area contributed by atoms with Crippen LogP contribution in [0.25, 0.3) is 0 Å². The van der Waals surface area contributed by atoms with Crippen LogP contribution < -0.4 is 10.6 Å². The van der Waals surface area contributed by atoms with Crippen molar-refractivity contribution in [2.24, 2.45) is 0 Å². The van der Waals surface area contributed by atoms with Crippen LogP contribution in [-0.2, 0) is 4.79 Å². The first-order valence-electron chi connectivity index (χ1n) is 6.09. The van der Waals surface area contributed by atoms with E-state index < -0.39 is 0 Å². The van der Waals surface area contributed by atoms with Crippen LogP contribution in [0.5, 0.6) is 0 Å². The number of amides is 1. The Morgan fingerprint density at radius 3 is 2.80 bits per heavy atom. The first-order valence-corrected chi connectivity index (χ1v) is 7.90. The van der Waals surface area contributed by atoms with Crippen molar-refractivity contribution < 1.29 is 4.79 Å². The zero-order valence-electron chi connectivity index (χ0n) is 11.6. The Hall–Kier alpha value is -1.60. The highest BCUT2D eigenvalue weighted by molar-refractivity contribution is 8.01. The molecule has 0 unspecified atom stereocenters. The summed E-state index contributed by atoms with van der Waals surface area (Å²) in [6.07, 6.45) is 0. The van der Waals surface area contributed by atoms with E-state index in [0.717, 1.165) is 15.2 Å². The molecule has 0 aliphatic carbocycles. The normalized spacial score (nSPS) is 10.3. The second-order valence-corrected chi connectivity index (χ2v) is 6.46. The summed E-state index contributed by atoms with van der Waals surface area (Å²) in [5, 5.41) is 14.6. The fourth-order valence-electron chi connectivity index (χ4n) is 1.46. The average Bonchev–Trinajstić information content (AvgIpc) is 2.88.